The fourth-order valence-corrected chi connectivity index (χ4v) is 3.64. The second-order valence-electron chi connectivity index (χ2n) is 10.6. The van der Waals surface area contributed by atoms with Crippen LogP contribution in [0.2, 0.25) is 0 Å². The van der Waals surface area contributed by atoms with Crippen LogP contribution in [-0.2, 0) is 19.1 Å². The molecule has 0 saturated heterocycles. The first-order valence-electron chi connectivity index (χ1n) is 13.7. The molecule has 0 amide bonds. The van der Waals surface area contributed by atoms with Crippen LogP contribution >= 0.6 is 0 Å². The van der Waals surface area contributed by atoms with Crippen molar-refractivity contribution in [2.24, 2.45) is 5.41 Å². The van der Waals surface area contributed by atoms with Gasteiger partial charge in [-0.15, -0.1) is 0 Å². The van der Waals surface area contributed by atoms with Crippen LogP contribution in [0.4, 0.5) is 0 Å². The molecular formula is C28H54O4. The maximum absolute atomic E-state index is 11.8. The van der Waals surface area contributed by atoms with Gasteiger partial charge in [-0.3, -0.25) is 9.59 Å². The van der Waals surface area contributed by atoms with Crippen LogP contribution in [-0.4, -0.2) is 25.2 Å². The van der Waals surface area contributed by atoms with Gasteiger partial charge in [0.05, 0.1) is 13.2 Å². The minimum Gasteiger partial charge on any atom is -0.466 e. The molecule has 0 atom stereocenters. The Morgan fingerprint density at radius 2 is 0.906 bits per heavy atom. The van der Waals surface area contributed by atoms with Crippen molar-refractivity contribution in [3.8, 4) is 0 Å². The third kappa shape index (κ3) is 25.2. The highest BCUT2D eigenvalue weighted by Crippen LogP contribution is 2.15. The van der Waals surface area contributed by atoms with E-state index in [1.807, 2.05) is 0 Å². The number of carbonyl (C=O) groups is 2. The van der Waals surface area contributed by atoms with Gasteiger partial charge in [0.25, 0.3) is 0 Å². The maximum atomic E-state index is 11.8. The topological polar surface area (TPSA) is 52.6 Å². The lowest BCUT2D eigenvalue weighted by atomic mass is 9.99. The second-order valence-corrected chi connectivity index (χ2v) is 10.6. The van der Waals surface area contributed by atoms with E-state index in [2.05, 4.69) is 27.7 Å². The van der Waals surface area contributed by atoms with E-state index in [0.29, 0.717) is 26.1 Å². The highest BCUT2D eigenvalue weighted by molar-refractivity contribution is 5.69. The van der Waals surface area contributed by atoms with E-state index in [1.165, 1.54) is 64.2 Å². The highest BCUT2D eigenvalue weighted by atomic mass is 16.5. The average molecular weight is 455 g/mol. The predicted molar refractivity (Wildman–Crippen MR) is 135 cm³/mol. The Hall–Kier alpha value is -1.06. The number of hydrogen-bond acceptors (Lipinski definition) is 4. The normalized spacial score (nSPS) is 11.5. The summed E-state index contributed by atoms with van der Waals surface area (Å²) in [6.45, 7) is 9.53. The Kier molecular flexibility index (Phi) is 21.0. The summed E-state index contributed by atoms with van der Waals surface area (Å²) >= 11 is 0. The van der Waals surface area contributed by atoms with Gasteiger partial charge in [-0.1, -0.05) is 118 Å². The average Bonchev–Trinajstić information content (AvgIpc) is 2.74. The van der Waals surface area contributed by atoms with Crippen molar-refractivity contribution in [3.63, 3.8) is 0 Å². The summed E-state index contributed by atoms with van der Waals surface area (Å²) in [4.78, 5) is 23.4. The summed E-state index contributed by atoms with van der Waals surface area (Å²) in [6.07, 6.45) is 21.6. The molecule has 0 N–H and O–H groups in total. The molecule has 0 bridgehead atoms. The van der Waals surface area contributed by atoms with Crippen molar-refractivity contribution in [2.45, 2.75) is 150 Å². The lowest BCUT2D eigenvalue weighted by Crippen LogP contribution is -2.18. The van der Waals surface area contributed by atoms with Crippen molar-refractivity contribution >= 4 is 11.9 Å². The molecule has 0 rings (SSSR count). The van der Waals surface area contributed by atoms with E-state index in [-0.39, 0.29) is 17.4 Å². The van der Waals surface area contributed by atoms with E-state index < -0.39 is 0 Å². The van der Waals surface area contributed by atoms with Crippen molar-refractivity contribution in [1.29, 1.82) is 0 Å². The fourth-order valence-electron chi connectivity index (χ4n) is 3.64. The molecule has 32 heavy (non-hydrogen) atoms. The van der Waals surface area contributed by atoms with Crippen molar-refractivity contribution in [1.82, 2.24) is 0 Å². The number of ether oxygens (including phenoxy) is 2. The van der Waals surface area contributed by atoms with E-state index in [1.54, 1.807) is 0 Å². The first-order valence-corrected chi connectivity index (χ1v) is 13.7. The molecule has 0 saturated carbocycles. The number of rotatable bonds is 22. The molecule has 0 aliphatic carbocycles. The van der Waals surface area contributed by atoms with Crippen molar-refractivity contribution in [3.05, 3.63) is 0 Å². The fraction of sp³-hybridized carbons (Fsp3) is 0.929. The first-order chi connectivity index (χ1) is 15.3. The molecule has 0 heterocycles. The smallest absolute Gasteiger partial charge is 0.305 e. The van der Waals surface area contributed by atoms with Gasteiger partial charge in [0, 0.05) is 12.8 Å². The van der Waals surface area contributed by atoms with Gasteiger partial charge in [-0.25, -0.2) is 0 Å². The summed E-state index contributed by atoms with van der Waals surface area (Å²) in [5.41, 5.74) is 0.0315. The maximum Gasteiger partial charge on any atom is 0.305 e. The van der Waals surface area contributed by atoms with Crippen LogP contribution in [0.3, 0.4) is 0 Å². The molecule has 0 aromatic carbocycles. The quantitative estimate of drug-likeness (QED) is 0.121. The van der Waals surface area contributed by atoms with Crippen LogP contribution in [0, 0.1) is 5.41 Å². The molecule has 0 unspecified atom stereocenters. The minimum absolute atomic E-state index is 0.0315. The molecule has 0 radical (unpaired) electrons. The number of esters is 2. The van der Waals surface area contributed by atoms with Gasteiger partial charge in [0.15, 0.2) is 0 Å². The van der Waals surface area contributed by atoms with Crippen LogP contribution in [0.15, 0.2) is 0 Å². The largest absolute Gasteiger partial charge is 0.466 e. The van der Waals surface area contributed by atoms with Gasteiger partial charge >= 0.3 is 11.9 Å². The minimum atomic E-state index is -0.0829. The number of unbranched alkanes of at least 4 members (excludes halogenated alkanes) is 15. The summed E-state index contributed by atoms with van der Waals surface area (Å²) < 4.78 is 10.6. The van der Waals surface area contributed by atoms with Gasteiger partial charge in [0.2, 0.25) is 0 Å². The van der Waals surface area contributed by atoms with Gasteiger partial charge in [-0.2, -0.15) is 0 Å². The Balaban J connectivity index is 3.28. The zero-order valence-electron chi connectivity index (χ0n) is 22.0. The monoisotopic (exact) mass is 454 g/mol. The second kappa shape index (κ2) is 21.8. The van der Waals surface area contributed by atoms with Crippen LogP contribution < -0.4 is 0 Å². The predicted octanol–water partition coefficient (Wildman–Crippen LogP) is 8.55. The molecular weight excluding hydrogens is 400 g/mol. The molecule has 0 aromatic rings. The number of carbonyl (C=O) groups excluding carboxylic acids is 2. The lowest BCUT2D eigenvalue weighted by Gasteiger charge is -2.17. The molecule has 0 fully saturated rings. The van der Waals surface area contributed by atoms with Gasteiger partial charge < -0.3 is 9.47 Å². The summed E-state index contributed by atoms with van der Waals surface area (Å²) in [7, 11) is 0. The molecule has 4 heteroatoms. The Labute approximate surface area is 199 Å². The van der Waals surface area contributed by atoms with E-state index in [9.17, 15) is 9.59 Å². The van der Waals surface area contributed by atoms with Gasteiger partial charge in [-0.05, 0) is 24.7 Å². The summed E-state index contributed by atoms with van der Waals surface area (Å²) in [6, 6.07) is 0. The van der Waals surface area contributed by atoms with Gasteiger partial charge in [0.1, 0.15) is 0 Å². The van der Waals surface area contributed by atoms with E-state index in [0.717, 1.165) is 44.9 Å². The molecule has 0 spiro atoms. The first kappa shape index (κ1) is 30.9. The lowest BCUT2D eigenvalue weighted by molar-refractivity contribution is -0.146. The summed E-state index contributed by atoms with van der Waals surface area (Å²) in [5, 5.41) is 0. The Morgan fingerprint density at radius 3 is 1.34 bits per heavy atom. The summed E-state index contributed by atoms with van der Waals surface area (Å²) in [5.74, 6) is -0.126. The van der Waals surface area contributed by atoms with E-state index >= 15 is 0 Å². The molecule has 190 valence electrons. The Bertz CT molecular complexity index is 439. The Morgan fingerprint density at radius 1 is 0.531 bits per heavy atom. The zero-order chi connectivity index (χ0) is 23.9. The van der Waals surface area contributed by atoms with Crippen LogP contribution in [0.25, 0.3) is 0 Å². The molecule has 0 aromatic heterocycles. The molecule has 0 aliphatic heterocycles. The highest BCUT2D eigenvalue weighted by Gasteiger charge is 2.13. The third-order valence-corrected chi connectivity index (χ3v) is 5.69. The number of hydrogen-bond donors (Lipinski definition) is 0. The van der Waals surface area contributed by atoms with Crippen LogP contribution in [0.1, 0.15) is 150 Å². The third-order valence-electron chi connectivity index (χ3n) is 5.69. The zero-order valence-corrected chi connectivity index (χ0v) is 22.0. The van der Waals surface area contributed by atoms with E-state index in [4.69, 9.17) is 9.47 Å². The van der Waals surface area contributed by atoms with Crippen LogP contribution in [0.5, 0.6) is 0 Å². The molecule has 0 aliphatic rings. The van der Waals surface area contributed by atoms with Crippen molar-refractivity contribution < 1.29 is 19.1 Å². The molecule has 4 nitrogen and oxygen atoms in total. The SMILES string of the molecule is CCCCCCCCCCCCCOC(=O)CCCCCCCCC(=O)OCC(C)(C)C. The van der Waals surface area contributed by atoms with Crippen molar-refractivity contribution in [2.75, 3.05) is 13.2 Å². The standard InChI is InChI=1S/C28H54O4/c1-5-6-7-8-9-10-11-12-15-18-21-24-31-26(29)22-19-16-13-14-17-20-23-27(30)32-25-28(2,3)4/h5-25H2,1-4H3.